The molecule has 0 aliphatic rings. The van der Waals surface area contributed by atoms with Crippen LogP contribution in [0.2, 0.25) is 0 Å². The first kappa shape index (κ1) is 15.4. The van der Waals surface area contributed by atoms with Gasteiger partial charge in [-0.3, -0.25) is 0 Å². The molecule has 12 heteroatoms. The number of alkyl halides is 5. The minimum atomic E-state index is -6.71. The van der Waals surface area contributed by atoms with Gasteiger partial charge in [-0.25, -0.2) is 14.0 Å². The Morgan fingerprint density at radius 2 is 1.24 bits per heavy atom. The van der Waals surface area contributed by atoms with Gasteiger partial charge in [-0.2, -0.15) is 17.6 Å². The molecule has 100 valence electrons. The summed E-state index contributed by atoms with van der Waals surface area (Å²) in [6.07, 6.45) is 0. The first-order valence-corrected chi connectivity index (χ1v) is 3.36. The van der Waals surface area contributed by atoms with Crippen LogP contribution in [-0.4, -0.2) is 45.1 Å². The van der Waals surface area contributed by atoms with E-state index >= 15 is 0 Å². The van der Waals surface area contributed by atoms with Crippen LogP contribution in [0.15, 0.2) is 0 Å². The van der Waals surface area contributed by atoms with Crippen molar-refractivity contribution < 1.29 is 50.7 Å². The number of halogens is 7. The topological polar surface area (TPSA) is 77.8 Å². The Morgan fingerprint density at radius 3 is 1.41 bits per heavy atom. The molecule has 0 aliphatic carbocycles. The quantitative estimate of drug-likeness (QED) is 0.446. The summed E-state index contributed by atoms with van der Waals surface area (Å²) in [6, 6.07) is 0. The van der Waals surface area contributed by atoms with E-state index in [9.17, 15) is 40.5 Å². The molecule has 0 amide bonds. The maximum atomic E-state index is 12.8. The fraction of sp³-hybridized carbons (Fsp3) is 0.600. The normalized spacial score (nSPS) is 16.7. The van der Waals surface area contributed by atoms with Gasteiger partial charge in [0.2, 0.25) is 0 Å². The third-order valence-corrected chi connectivity index (χ3v) is 1.60. The van der Waals surface area contributed by atoms with Gasteiger partial charge in [0.25, 0.3) is 0 Å². The minimum absolute atomic E-state index is 3.34. The monoisotopic (exact) mass is 273 g/mol. The van der Waals surface area contributed by atoms with E-state index in [0.717, 1.165) is 0 Å². The predicted octanol–water partition coefficient (Wildman–Crippen LogP) is 1.16. The fourth-order valence-corrected chi connectivity index (χ4v) is 0.655. The average molecular weight is 273 g/mol. The van der Waals surface area contributed by atoms with Crippen molar-refractivity contribution in [1.29, 1.82) is 0 Å². The van der Waals surface area contributed by atoms with Crippen molar-refractivity contribution in [3.05, 3.63) is 0 Å². The lowest BCUT2D eigenvalue weighted by Crippen LogP contribution is -2.67. The number of carbonyl (C=O) groups is 2. The molecular weight excluding hydrogens is 271 g/mol. The number of rotatable bonds is 5. The molecule has 2 N–H and O–H groups in total. The van der Waals surface area contributed by atoms with Gasteiger partial charge in [-0.05, 0) is 0 Å². The number of hydrogen-bond donors (Lipinski definition) is 2. The van der Waals surface area contributed by atoms with Crippen LogP contribution in [0.25, 0.3) is 0 Å². The number of aliphatic carboxylic acids is 2. The van der Waals surface area contributed by atoms with Gasteiger partial charge in [-0.1, -0.05) is 8.96 Å². The molecule has 0 aromatic carbocycles. The van der Waals surface area contributed by atoms with Crippen molar-refractivity contribution in [1.82, 2.24) is 5.34 Å². The first-order chi connectivity index (χ1) is 7.33. The third kappa shape index (κ3) is 1.87. The van der Waals surface area contributed by atoms with Crippen LogP contribution in [0, 0.1) is 0 Å². The molecule has 0 fully saturated rings. The molecule has 0 radical (unpaired) electrons. The molecule has 1 atom stereocenters. The number of nitrogens with zero attached hydrogens (tertiary/aromatic N) is 1. The van der Waals surface area contributed by atoms with E-state index in [-0.39, 0.29) is 0 Å². The van der Waals surface area contributed by atoms with Crippen LogP contribution in [0.4, 0.5) is 30.9 Å². The second-order valence-electron chi connectivity index (χ2n) is 2.61. The van der Waals surface area contributed by atoms with Gasteiger partial charge in [0.05, 0.1) is 5.34 Å². The molecule has 0 bridgehead atoms. The fourth-order valence-electron chi connectivity index (χ4n) is 0.655. The second-order valence-corrected chi connectivity index (χ2v) is 2.61. The molecular formula is C5H2F7NO4. The zero-order chi connectivity index (χ0) is 14.2. The smallest absolute Gasteiger partial charge is 0.409 e. The molecule has 0 aromatic rings. The van der Waals surface area contributed by atoms with E-state index in [0.29, 0.717) is 0 Å². The van der Waals surface area contributed by atoms with Crippen molar-refractivity contribution in [2.45, 2.75) is 17.6 Å². The van der Waals surface area contributed by atoms with Crippen molar-refractivity contribution in [3.8, 4) is 0 Å². The number of carboxylic acids is 2. The van der Waals surface area contributed by atoms with Crippen LogP contribution < -0.4 is 0 Å². The Hall–Kier alpha value is -1.59. The summed E-state index contributed by atoms with van der Waals surface area (Å²) in [5.74, 6) is -26.6. The summed E-state index contributed by atoms with van der Waals surface area (Å²) < 4.78 is 86.0. The van der Waals surface area contributed by atoms with Crippen molar-refractivity contribution >= 4 is 11.9 Å². The van der Waals surface area contributed by atoms with E-state index < -0.39 is 34.9 Å². The Balaban J connectivity index is 5.87. The van der Waals surface area contributed by atoms with E-state index in [1.165, 1.54) is 0 Å². The van der Waals surface area contributed by atoms with Crippen molar-refractivity contribution in [3.63, 3.8) is 0 Å². The molecule has 5 nitrogen and oxygen atoms in total. The Morgan fingerprint density at radius 1 is 0.882 bits per heavy atom. The summed E-state index contributed by atoms with van der Waals surface area (Å²) >= 11 is 0. The lowest BCUT2D eigenvalue weighted by Gasteiger charge is -2.32. The number of hydrogen-bond acceptors (Lipinski definition) is 3. The lowest BCUT2D eigenvalue weighted by molar-refractivity contribution is -0.370. The van der Waals surface area contributed by atoms with Crippen LogP contribution in [0.3, 0.4) is 0 Å². The predicted molar refractivity (Wildman–Crippen MR) is 33.1 cm³/mol. The second kappa shape index (κ2) is 4.01. The van der Waals surface area contributed by atoms with E-state index in [4.69, 9.17) is 10.2 Å². The van der Waals surface area contributed by atoms with Crippen LogP contribution >= 0.6 is 0 Å². The van der Waals surface area contributed by atoms with Gasteiger partial charge in [0, 0.05) is 0 Å². The summed E-state index contributed by atoms with van der Waals surface area (Å²) in [6.45, 7) is 0. The van der Waals surface area contributed by atoms with Gasteiger partial charge in [0.1, 0.15) is 0 Å². The molecule has 0 heterocycles. The lowest BCUT2D eigenvalue weighted by atomic mass is 10.0. The molecule has 17 heavy (non-hydrogen) atoms. The summed E-state index contributed by atoms with van der Waals surface area (Å²) in [4.78, 5) is 19.6. The Bertz CT molecular complexity index is 345. The van der Waals surface area contributed by atoms with E-state index in [2.05, 4.69) is 0 Å². The first-order valence-electron chi connectivity index (χ1n) is 3.36. The minimum Gasteiger partial charge on any atom is -0.478 e. The molecule has 0 aliphatic heterocycles. The van der Waals surface area contributed by atoms with Crippen molar-refractivity contribution in [2.75, 3.05) is 0 Å². The zero-order valence-electron chi connectivity index (χ0n) is 7.30. The SMILES string of the molecule is O=C(O)C(F)(F)C(F)(F)[C@@](F)(C(=O)O)N(F)F. The van der Waals surface area contributed by atoms with Crippen LogP contribution in [-0.2, 0) is 9.59 Å². The van der Waals surface area contributed by atoms with Crippen molar-refractivity contribution in [2.24, 2.45) is 0 Å². The maximum absolute atomic E-state index is 12.8. The van der Waals surface area contributed by atoms with Gasteiger partial charge < -0.3 is 10.2 Å². The highest BCUT2D eigenvalue weighted by atomic mass is 19.4. The largest absolute Gasteiger partial charge is 0.478 e. The molecule has 0 unspecified atom stereocenters. The Labute approximate surface area is 86.9 Å². The third-order valence-electron chi connectivity index (χ3n) is 1.60. The standard InChI is InChI=1S/C5H2F7NO4/c6-3(7,1(14)15)5(9,10)4(8,2(16)17)13(11)12/h(H,14,15)(H,16,17)/t4-/m1/s1. The highest BCUT2D eigenvalue weighted by Gasteiger charge is 2.81. The number of carboxylic acid groups (broad SMARTS) is 2. The summed E-state index contributed by atoms with van der Waals surface area (Å²) in [7, 11) is 0. The Kier molecular flexibility index (Phi) is 3.64. The van der Waals surface area contributed by atoms with Gasteiger partial charge >= 0.3 is 29.6 Å². The zero-order valence-corrected chi connectivity index (χ0v) is 7.30. The maximum Gasteiger partial charge on any atom is 0.409 e. The van der Waals surface area contributed by atoms with Crippen LogP contribution in [0.1, 0.15) is 0 Å². The van der Waals surface area contributed by atoms with E-state index in [1.54, 1.807) is 0 Å². The molecule has 0 saturated heterocycles. The van der Waals surface area contributed by atoms with Gasteiger partial charge in [-0.15, -0.1) is 0 Å². The highest BCUT2D eigenvalue weighted by Crippen LogP contribution is 2.47. The molecule has 0 spiro atoms. The molecule has 0 aromatic heterocycles. The summed E-state index contributed by atoms with van der Waals surface area (Å²) in [5.41, 5.74) is 0. The average Bonchev–Trinajstić information content (AvgIpc) is 2.14. The van der Waals surface area contributed by atoms with Gasteiger partial charge in [0.15, 0.2) is 0 Å². The summed E-state index contributed by atoms with van der Waals surface area (Å²) in [5, 5.41) is 12.1. The molecule has 0 rings (SSSR count). The highest BCUT2D eigenvalue weighted by molar-refractivity contribution is 5.83. The van der Waals surface area contributed by atoms with Crippen LogP contribution in [0.5, 0.6) is 0 Å². The van der Waals surface area contributed by atoms with E-state index in [1.807, 2.05) is 0 Å². The molecule has 0 saturated carbocycles.